The minimum Gasteiger partial charge on any atom is -0.310 e. The van der Waals surface area contributed by atoms with Gasteiger partial charge < -0.3 is 5.32 Å². The van der Waals surface area contributed by atoms with E-state index in [0.29, 0.717) is 6.04 Å². The number of aryl methyl sites for hydroxylation is 1. The maximum Gasteiger partial charge on any atom is 0.0701 e. The number of hydrogen-bond acceptors (Lipinski definition) is 2. The zero-order valence-electron chi connectivity index (χ0n) is 11.0. The molecule has 0 amide bonds. The molecule has 0 aliphatic rings. The molecule has 2 aromatic rings. The van der Waals surface area contributed by atoms with Gasteiger partial charge in [-0.25, -0.2) is 0 Å². The van der Waals surface area contributed by atoms with E-state index in [0.717, 1.165) is 17.4 Å². The molecule has 0 saturated carbocycles. The molecular formula is C15H17Br2NS. The Kier molecular flexibility index (Phi) is 5.63. The van der Waals surface area contributed by atoms with Crippen LogP contribution in [0.5, 0.6) is 0 Å². The SMILES string of the molecule is CCNC(Cc1ccc(Br)s1)c1cc(C)cc(Br)c1. The van der Waals surface area contributed by atoms with E-state index in [4.69, 9.17) is 0 Å². The number of likely N-dealkylation sites (N-methyl/N-ethyl adjacent to an activating group) is 1. The Morgan fingerprint density at radius 1 is 1.21 bits per heavy atom. The highest BCUT2D eigenvalue weighted by Crippen LogP contribution is 2.28. The van der Waals surface area contributed by atoms with Gasteiger partial charge in [-0.15, -0.1) is 11.3 Å². The predicted octanol–water partition coefficient (Wildman–Crippen LogP) is 5.47. The Morgan fingerprint density at radius 2 is 2.00 bits per heavy atom. The Balaban J connectivity index is 2.23. The van der Waals surface area contributed by atoms with Crippen LogP contribution >= 0.6 is 43.2 Å². The van der Waals surface area contributed by atoms with Crippen LogP contribution in [0.25, 0.3) is 0 Å². The molecule has 0 saturated heterocycles. The van der Waals surface area contributed by atoms with Crippen molar-refractivity contribution >= 4 is 43.2 Å². The quantitative estimate of drug-likeness (QED) is 0.698. The second-order valence-electron chi connectivity index (χ2n) is 4.58. The zero-order valence-corrected chi connectivity index (χ0v) is 15.0. The number of thiophene rings is 1. The Morgan fingerprint density at radius 3 is 2.58 bits per heavy atom. The van der Waals surface area contributed by atoms with E-state index in [1.54, 1.807) is 0 Å². The Labute approximate surface area is 135 Å². The largest absolute Gasteiger partial charge is 0.310 e. The highest BCUT2D eigenvalue weighted by atomic mass is 79.9. The van der Waals surface area contributed by atoms with E-state index >= 15 is 0 Å². The fourth-order valence-corrected chi connectivity index (χ4v) is 4.34. The summed E-state index contributed by atoms with van der Waals surface area (Å²) in [6, 6.07) is 11.3. The molecule has 1 aromatic carbocycles. The summed E-state index contributed by atoms with van der Waals surface area (Å²) in [5, 5.41) is 3.58. The van der Waals surface area contributed by atoms with Crippen LogP contribution < -0.4 is 5.32 Å². The minimum absolute atomic E-state index is 0.367. The molecule has 0 spiro atoms. The third-order valence-electron chi connectivity index (χ3n) is 2.95. The van der Waals surface area contributed by atoms with Crippen LogP contribution in [-0.4, -0.2) is 6.54 Å². The van der Waals surface area contributed by atoms with Gasteiger partial charge in [-0.3, -0.25) is 0 Å². The molecule has 0 radical (unpaired) electrons. The van der Waals surface area contributed by atoms with Crippen LogP contribution in [0.15, 0.2) is 38.6 Å². The van der Waals surface area contributed by atoms with E-state index in [9.17, 15) is 0 Å². The molecule has 1 N–H and O–H groups in total. The molecule has 0 fully saturated rings. The van der Waals surface area contributed by atoms with Crippen LogP contribution in [-0.2, 0) is 6.42 Å². The molecule has 19 heavy (non-hydrogen) atoms. The van der Waals surface area contributed by atoms with Crippen LogP contribution in [0, 0.1) is 6.92 Å². The lowest BCUT2D eigenvalue weighted by molar-refractivity contribution is 0.553. The van der Waals surface area contributed by atoms with Gasteiger partial charge in [-0.2, -0.15) is 0 Å². The summed E-state index contributed by atoms with van der Waals surface area (Å²) in [5.74, 6) is 0. The molecule has 2 rings (SSSR count). The van der Waals surface area contributed by atoms with Gasteiger partial charge in [0.1, 0.15) is 0 Å². The van der Waals surface area contributed by atoms with Crippen molar-refractivity contribution in [1.82, 2.24) is 5.32 Å². The maximum atomic E-state index is 3.59. The number of benzene rings is 1. The molecule has 1 aromatic heterocycles. The topological polar surface area (TPSA) is 12.0 Å². The molecule has 0 bridgehead atoms. The maximum absolute atomic E-state index is 3.59. The summed E-state index contributed by atoms with van der Waals surface area (Å²) in [4.78, 5) is 1.40. The van der Waals surface area contributed by atoms with Crippen LogP contribution in [0.4, 0.5) is 0 Å². The fourth-order valence-electron chi connectivity index (χ4n) is 2.18. The van der Waals surface area contributed by atoms with Gasteiger partial charge in [-0.1, -0.05) is 28.9 Å². The van der Waals surface area contributed by atoms with E-state index < -0.39 is 0 Å². The van der Waals surface area contributed by atoms with Crippen LogP contribution in [0.2, 0.25) is 0 Å². The van der Waals surface area contributed by atoms with Crippen molar-refractivity contribution < 1.29 is 0 Å². The summed E-state index contributed by atoms with van der Waals surface area (Å²) in [7, 11) is 0. The van der Waals surface area contributed by atoms with Crippen molar-refractivity contribution in [2.75, 3.05) is 6.54 Å². The van der Waals surface area contributed by atoms with E-state index in [-0.39, 0.29) is 0 Å². The van der Waals surface area contributed by atoms with Gasteiger partial charge >= 0.3 is 0 Å². The first-order valence-corrected chi connectivity index (χ1v) is 8.73. The van der Waals surface area contributed by atoms with Crippen molar-refractivity contribution in [3.63, 3.8) is 0 Å². The normalized spacial score (nSPS) is 12.6. The average molecular weight is 403 g/mol. The summed E-state index contributed by atoms with van der Waals surface area (Å²) >= 11 is 8.93. The monoisotopic (exact) mass is 401 g/mol. The van der Waals surface area contributed by atoms with Crippen molar-refractivity contribution in [2.24, 2.45) is 0 Å². The molecular weight excluding hydrogens is 386 g/mol. The first kappa shape index (κ1) is 15.2. The predicted molar refractivity (Wildman–Crippen MR) is 91.0 cm³/mol. The van der Waals surface area contributed by atoms with Gasteiger partial charge in [0.05, 0.1) is 3.79 Å². The summed E-state index contributed by atoms with van der Waals surface area (Å²) in [6.07, 6.45) is 1.03. The number of nitrogens with one attached hydrogen (secondary N) is 1. The average Bonchev–Trinajstić information content (AvgIpc) is 2.73. The lowest BCUT2D eigenvalue weighted by Gasteiger charge is -2.18. The third-order valence-corrected chi connectivity index (χ3v) is 5.06. The Hall–Kier alpha value is -0.160. The van der Waals surface area contributed by atoms with Gasteiger partial charge in [0.25, 0.3) is 0 Å². The summed E-state index contributed by atoms with van der Waals surface area (Å²) in [6.45, 7) is 5.27. The Bertz CT molecular complexity index is 531. The van der Waals surface area contributed by atoms with E-state index in [1.165, 1.54) is 19.8 Å². The molecule has 102 valence electrons. The molecule has 0 aliphatic carbocycles. The van der Waals surface area contributed by atoms with Crippen molar-refractivity contribution in [3.8, 4) is 0 Å². The summed E-state index contributed by atoms with van der Waals surface area (Å²) in [5.41, 5.74) is 2.64. The lowest BCUT2D eigenvalue weighted by atomic mass is 10.0. The van der Waals surface area contributed by atoms with E-state index in [2.05, 4.69) is 81.4 Å². The smallest absolute Gasteiger partial charge is 0.0701 e. The highest BCUT2D eigenvalue weighted by Gasteiger charge is 2.13. The van der Waals surface area contributed by atoms with E-state index in [1.807, 2.05) is 11.3 Å². The van der Waals surface area contributed by atoms with Crippen LogP contribution in [0.1, 0.15) is 29.0 Å². The first-order chi connectivity index (χ1) is 9.08. The molecule has 1 heterocycles. The number of halogens is 2. The minimum atomic E-state index is 0.367. The first-order valence-electron chi connectivity index (χ1n) is 6.33. The lowest BCUT2D eigenvalue weighted by Crippen LogP contribution is -2.22. The van der Waals surface area contributed by atoms with Crippen molar-refractivity contribution in [2.45, 2.75) is 26.3 Å². The standard InChI is InChI=1S/C15H17Br2NS/c1-3-18-14(9-13-4-5-15(17)19-13)11-6-10(2)7-12(16)8-11/h4-8,14,18H,3,9H2,1-2H3. The second-order valence-corrected chi connectivity index (χ2v) is 8.05. The second kappa shape index (κ2) is 7.02. The highest BCUT2D eigenvalue weighted by molar-refractivity contribution is 9.11. The molecule has 1 nitrogen and oxygen atoms in total. The molecule has 0 aliphatic heterocycles. The summed E-state index contributed by atoms with van der Waals surface area (Å²) < 4.78 is 2.35. The molecule has 1 atom stereocenters. The number of rotatable bonds is 5. The fraction of sp³-hybridized carbons (Fsp3) is 0.333. The van der Waals surface area contributed by atoms with Gasteiger partial charge in [0.15, 0.2) is 0 Å². The van der Waals surface area contributed by atoms with Gasteiger partial charge in [0, 0.05) is 21.8 Å². The van der Waals surface area contributed by atoms with Crippen molar-refractivity contribution in [3.05, 3.63) is 54.6 Å². The number of hydrogen-bond donors (Lipinski definition) is 1. The van der Waals surface area contributed by atoms with Crippen LogP contribution in [0.3, 0.4) is 0 Å². The van der Waals surface area contributed by atoms with Gasteiger partial charge in [0.2, 0.25) is 0 Å². The molecule has 1 unspecified atom stereocenters. The third kappa shape index (κ3) is 4.42. The van der Waals surface area contributed by atoms with Gasteiger partial charge in [-0.05, 0) is 64.8 Å². The molecule has 4 heteroatoms. The van der Waals surface area contributed by atoms with Crippen molar-refractivity contribution in [1.29, 1.82) is 0 Å². The zero-order chi connectivity index (χ0) is 13.8.